The second-order valence-corrected chi connectivity index (χ2v) is 9.36. The molecular weight excluding hydrogens is 452 g/mol. The maximum Gasteiger partial charge on any atom is 0.237 e. The van der Waals surface area contributed by atoms with Crippen molar-refractivity contribution in [3.05, 3.63) is 58.8 Å². The van der Waals surface area contributed by atoms with Gasteiger partial charge in [0.1, 0.15) is 18.1 Å². The second-order valence-electron chi connectivity index (χ2n) is 8.36. The molecule has 1 aromatic heterocycles. The Morgan fingerprint density at radius 1 is 1.38 bits per heavy atom. The van der Waals surface area contributed by atoms with E-state index in [1.807, 2.05) is 34.1 Å². The number of aliphatic hydroxyl groups is 1. The van der Waals surface area contributed by atoms with Gasteiger partial charge in [-0.05, 0) is 48.5 Å². The third-order valence-corrected chi connectivity index (χ3v) is 6.77. The Bertz CT molecular complexity index is 918. The molecule has 1 amide bonds. The Balaban J connectivity index is 1.67. The summed E-state index contributed by atoms with van der Waals surface area (Å²) in [6, 6.07) is 9.45. The third-order valence-electron chi connectivity index (χ3n) is 5.78. The van der Waals surface area contributed by atoms with Gasteiger partial charge in [0.25, 0.3) is 0 Å². The molecule has 1 N–H and O–H groups in total. The normalized spacial score (nSPS) is 16.2. The fourth-order valence-corrected chi connectivity index (χ4v) is 5.14. The average Bonchev–Trinajstić information content (AvgIpc) is 3.32. The van der Waals surface area contributed by atoms with Crippen molar-refractivity contribution in [2.75, 3.05) is 53.1 Å². The monoisotopic (exact) mass is 488 g/mol. The first-order valence-electron chi connectivity index (χ1n) is 11.8. The van der Waals surface area contributed by atoms with Gasteiger partial charge in [-0.15, -0.1) is 17.9 Å². The molecule has 0 aliphatic carbocycles. The van der Waals surface area contributed by atoms with E-state index in [0.29, 0.717) is 32.1 Å². The Morgan fingerprint density at radius 2 is 2.21 bits per heavy atom. The molecule has 1 aromatic carbocycles. The molecule has 0 saturated carbocycles. The summed E-state index contributed by atoms with van der Waals surface area (Å²) in [4.78, 5) is 18.7. The fraction of sp³-hybridized carbons (Fsp3) is 0.500. The van der Waals surface area contributed by atoms with Crippen molar-refractivity contribution in [1.29, 1.82) is 0 Å². The van der Waals surface area contributed by atoms with Crippen LogP contribution in [0.25, 0.3) is 0 Å². The van der Waals surface area contributed by atoms with E-state index in [1.165, 1.54) is 4.88 Å². The number of aliphatic hydroxyl groups excluding tert-OH is 1. The Hall–Kier alpha value is -2.39. The van der Waals surface area contributed by atoms with Gasteiger partial charge in [0, 0.05) is 24.0 Å². The Morgan fingerprint density at radius 3 is 2.97 bits per heavy atom. The highest BCUT2D eigenvalue weighted by Crippen LogP contribution is 2.34. The van der Waals surface area contributed by atoms with Gasteiger partial charge in [0.05, 0.1) is 39.0 Å². The van der Waals surface area contributed by atoms with Gasteiger partial charge >= 0.3 is 0 Å². The Kier molecular flexibility index (Phi) is 10.4. The molecule has 0 radical (unpaired) electrons. The lowest BCUT2D eigenvalue weighted by Gasteiger charge is -2.37. The van der Waals surface area contributed by atoms with E-state index in [4.69, 9.17) is 14.2 Å². The van der Waals surface area contributed by atoms with Gasteiger partial charge in [0.2, 0.25) is 5.91 Å². The molecule has 0 unspecified atom stereocenters. The number of ether oxygens (including phenoxy) is 3. The molecule has 7 nitrogen and oxygen atoms in total. The number of carbonyl (C=O) groups is 1. The summed E-state index contributed by atoms with van der Waals surface area (Å²) in [6.07, 6.45) is 2.74. The molecule has 2 aromatic rings. The molecule has 0 saturated heterocycles. The number of benzene rings is 1. The smallest absolute Gasteiger partial charge is 0.237 e. The predicted octanol–water partition coefficient (Wildman–Crippen LogP) is 3.54. The molecule has 1 aliphatic heterocycles. The van der Waals surface area contributed by atoms with E-state index < -0.39 is 6.10 Å². The lowest BCUT2D eigenvalue weighted by atomic mass is 10.0. The van der Waals surface area contributed by atoms with E-state index in [0.717, 1.165) is 30.7 Å². The van der Waals surface area contributed by atoms with Crippen molar-refractivity contribution in [3.63, 3.8) is 0 Å². The minimum Gasteiger partial charge on any atom is -0.497 e. The first-order valence-corrected chi connectivity index (χ1v) is 12.6. The van der Waals surface area contributed by atoms with Crippen molar-refractivity contribution >= 4 is 17.2 Å². The highest BCUT2D eigenvalue weighted by Gasteiger charge is 2.33. The average molecular weight is 489 g/mol. The summed E-state index contributed by atoms with van der Waals surface area (Å²) >= 11 is 1.73. The maximum atomic E-state index is 13.5. The minimum absolute atomic E-state index is 0.0451. The summed E-state index contributed by atoms with van der Waals surface area (Å²) in [5.74, 6) is 1.49. The van der Waals surface area contributed by atoms with E-state index in [9.17, 15) is 9.90 Å². The number of thiophene rings is 1. The number of amides is 1. The zero-order valence-corrected chi connectivity index (χ0v) is 21.0. The molecule has 1 aliphatic rings. The largest absolute Gasteiger partial charge is 0.497 e. The van der Waals surface area contributed by atoms with Gasteiger partial charge < -0.3 is 24.2 Å². The molecule has 0 bridgehead atoms. The topological polar surface area (TPSA) is 71.5 Å². The highest BCUT2D eigenvalue weighted by molar-refractivity contribution is 7.10. The molecule has 186 valence electrons. The van der Waals surface area contributed by atoms with Crippen LogP contribution in [-0.4, -0.2) is 80.0 Å². The molecule has 34 heavy (non-hydrogen) atoms. The van der Waals surface area contributed by atoms with Crippen LogP contribution in [0.5, 0.6) is 11.5 Å². The van der Waals surface area contributed by atoms with Crippen molar-refractivity contribution in [1.82, 2.24) is 9.80 Å². The van der Waals surface area contributed by atoms with Crippen LogP contribution in [0, 0.1) is 0 Å². The standard InChI is InChI=1S/C26H36N2O5S/c1-4-11-27(16-20(29)18-32-13-5-2)17-26(30)28-12-9-25-23(10-14-34-25)24(28)19-33-22-8-6-7-21(15-22)31-3/h5-8,10,14-15,20,24,29H,2,4,9,11-13,16-19H2,1,3H3/t20-,24+/m1/s1. The molecule has 3 rings (SSSR count). The quantitative estimate of drug-likeness (QED) is 0.324. The van der Waals surface area contributed by atoms with Crippen LogP contribution in [0.15, 0.2) is 48.4 Å². The number of hydrogen-bond acceptors (Lipinski definition) is 7. The van der Waals surface area contributed by atoms with Crippen LogP contribution >= 0.6 is 11.3 Å². The lowest BCUT2D eigenvalue weighted by molar-refractivity contribution is -0.136. The number of fused-ring (bicyclic) bond motifs is 1. The van der Waals surface area contributed by atoms with Crippen LogP contribution < -0.4 is 9.47 Å². The van der Waals surface area contributed by atoms with E-state index in [-0.39, 0.29) is 25.1 Å². The molecule has 0 spiro atoms. The van der Waals surface area contributed by atoms with Crippen LogP contribution in [0.2, 0.25) is 0 Å². The van der Waals surface area contributed by atoms with Crippen LogP contribution in [-0.2, 0) is 16.0 Å². The van der Waals surface area contributed by atoms with Gasteiger partial charge in [0.15, 0.2) is 0 Å². The van der Waals surface area contributed by atoms with Crippen LogP contribution in [0.1, 0.15) is 29.8 Å². The highest BCUT2D eigenvalue weighted by atomic mass is 32.1. The van der Waals surface area contributed by atoms with Crippen molar-refractivity contribution < 1.29 is 24.1 Å². The summed E-state index contributed by atoms with van der Waals surface area (Å²) in [5.41, 5.74) is 1.16. The number of nitrogens with zero attached hydrogens (tertiary/aromatic N) is 2. The summed E-state index contributed by atoms with van der Waals surface area (Å²) in [7, 11) is 1.63. The molecule has 2 heterocycles. The van der Waals surface area contributed by atoms with Crippen molar-refractivity contribution in [2.45, 2.75) is 31.9 Å². The second kappa shape index (κ2) is 13.5. The summed E-state index contributed by atoms with van der Waals surface area (Å²) < 4.78 is 16.8. The number of rotatable bonds is 14. The molecular formula is C26H36N2O5S. The summed E-state index contributed by atoms with van der Waals surface area (Å²) in [6.45, 7) is 8.70. The third kappa shape index (κ3) is 7.30. The molecule has 2 atom stereocenters. The van der Waals surface area contributed by atoms with E-state index in [2.05, 4.69) is 24.9 Å². The minimum atomic E-state index is -0.656. The van der Waals surface area contributed by atoms with Gasteiger partial charge in [-0.1, -0.05) is 19.1 Å². The fourth-order valence-electron chi connectivity index (χ4n) is 4.21. The van der Waals surface area contributed by atoms with Crippen molar-refractivity contribution in [3.8, 4) is 11.5 Å². The first-order chi connectivity index (χ1) is 16.5. The van der Waals surface area contributed by atoms with Gasteiger partial charge in [-0.2, -0.15) is 0 Å². The van der Waals surface area contributed by atoms with E-state index >= 15 is 0 Å². The van der Waals surface area contributed by atoms with Crippen molar-refractivity contribution in [2.24, 2.45) is 0 Å². The number of methoxy groups -OCH3 is 1. The number of carbonyl (C=O) groups excluding carboxylic acids is 1. The zero-order valence-electron chi connectivity index (χ0n) is 20.2. The van der Waals surface area contributed by atoms with Crippen LogP contribution in [0.4, 0.5) is 0 Å². The Labute approximate surface area is 206 Å². The van der Waals surface area contributed by atoms with Gasteiger partial charge in [-0.3, -0.25) is 9.69 Å². The van der Waals surface area contributed by atoms with Gasteiger partial charge in [-0.25, -0.2) is 0 Å². The predicted molar refractivity (Wildman–Crippen MR) is 135 cm³/mol. The summed E-state index contributed by atoms with van der Waals surface area (Å²) in [5, 5.41) is 12.4. The molecule has 0 fully saturated rings. The number of hydrogen-bond donors (Lipinski definition) is 1. The first kappa shape index (κ1) is 26.2. The lowest BCUT2D eigenvalue weighted by Crippen LogP contribution is -2.48. The SMILES string of the molecule is C=CCOC[C@H](O)CN(CCC)CC(=O)N1CCc2sccc2[C@@H]1COc1cccc(OC)c1. The van der Waals surface area contributed by atoms with E-state index in [1.54, 1.807) is 24.5 Å². The molecule has 8 heteroatoms. The maximum absolute atomic E-state index is 13.5. The zero-order chi connectivity index (χ0) is 24.3. The van der Waals surface area contributed by atoms with Crippen LogP contribution in [0.3, 0.4) is 0 Å².